The smallest absolute Gasteiger partial charge is 0.410 e. The molecule has 6 nitrogen and oxygen atoms in total. The number of allylic oxidation sites excluding steroid dienone is 6. The summed E-state index contributed by atoms with van der Waals surface area (Å²) in [5, 5.41) is 14.4. The van der Waals surface area contributed by atoms with E-state index in [-0.39, 0.29) is 18.4 Å². The second kappa shape index (κ2) is 9.40. The highest BCUT2D eigenvalue weighted by atomic mass is 35.5. The van der Waals surface area contributed by atoms with E-state index in [9.17, 15) is 14.7 Å². The highest BCUT2D eigenvalue weighted by Crippen LogP contribution is 2.34. The normalized spacial score (nSPS) is 24.8. The molecule has 0 bridgehead atoms. The molecule has 3 rings (SSSR count). The molecule has 2 amide bonds. The maximum absolute atomic E-state index is 12.9. The quantitative estimate of drug-likeness (QED) is 0.705. The molecule has 3 atom stereocenters. The molecule has 0 aromatic heterocycles. The van der Waals surface area contributed by atoms with Gasteiger partial charge in [-0.1, -0.05) is 41.5 Å². The minimum atomic E-state index is -0.905. The topological polar surface area (TPSA) is 78.9 Å². The molecule has 1 fully saturated rings. The molecule has 7 heteroatoms. The van der Waals surface area contributed by atoms with E-state index in [1.54, 1.807) is 17.1 Å². The van der Waals surface area contributed by atoms with E-state index in [1.165, 1.54) is 5.57 Å². The van der Waals surface area contributed by atoms with Crippen molar-refractivity contribution in [3.8, 4) is 0 Å². The third kappa shape index (κ3) is 5.76. The van der Waals surface area contributed by atoms with Crippen LogP contribution in [0.4, 0.5) is 4.79 Å². The molecule has 0 aromatic rings. The van der Waals surface area contributed by atoms with Gasteiger partial charge in [-0.3, -0.25) is 4.79 Å². The number of aliphatic hydroxyl groups excluding tert-OH is 1. The number of likely N-dealkylation sites (tertiary alicyclic amines) is 1. The predicted octanol–water partition coefficient (Wildman–Crippen LogP) is 3.82. The number of amides is 2. The van der Waals surface area contributed by atoms with E-state index in [1.807, 2.05) is 26.8 Å². The Kier molecular flexibility index (Phi) is 7.09. The first-order valence-electron chi connectivity index (χ1n) is 10.5. The van der Waals surface area contributed by atoms with Crippen LogP contribution in [0.2, 0.25) is 0 Å². The number of hydrogen-bond donors (Lipinski definition) is 2. The average Bonchev–Trinajstić information content (AvgIpc) is 2.70. The van der Waals surface area contributed by atoms with Crippen molar-refractivity contribution in [2.75, 3.05) is 13.1 Å². The molecule has 1 heterocycles. The second-order valence-electron chi connectivity index (χ2n) is 9.09. The summed E-state index contributed by atoms with van der Waals surface area (Å²) in [6.07, 6.45) is 10.9. The van der Waals surface area contributed by atoms with Crippen LogP contribution in [0.25, 0.3) is 0 Å². The minimum Gasteiger partial charge on any atom is -0.444 e. The molecule has 2 aliphatic carbocycles. The van der Waals surface area contributed by atoms with Crippen molar-refractivity contribution < 1.29 is 19.4 Å². The van der Waals surface area contributed by atoms with Gasteiger partial charge < -0.3 is 20.1 Å². The Morgan fingerprint density at radius 1 is 1.30 bits per heavy atom. The van der Waals surface area contributed by atoms with Crippen molar-refractivity contribution >= 4 is 23.6 Å². The van der Waals surface area contributed by atoms with Gasteiger partial charge in [0.05, 0.1) is 12.1 Å². The zero-order chi connectivity index (χ0) is 21.9. The van der Waals surface area contributed by atoms with Crippen LogP contribution in [0.3, 0.4) is 0 Å². The van der Waals surface area contributed by atoms with E-state index in [0.29, 0.717) is 31.4 Å². The molecule has 3 aliphatic rings. The lowest BCUT2D eigenvalue weighted by Gasteiger charge is -2.43. The average molecular weight is 435 g/mol. The van der Waals surface area contributed by atoms with Crippen LogP contribution in [-0.2, 0) is 9.53 Å². The molecule has 0 radical (unpaired) electrons. The number of fused-ring (bicyclic) bond motifs is 1. The minimum absolute atomic E-state index is 0.0609. The number of halogens is 1. The van der Waals surface area contributed by atoms with E-state index in [0.717, 1.165) is 11.5 Å². The van der Waals surface area contributed by atoms with Crippen LogP contribution < -0.4 is 5.32 Å². The summed E-state index contributed by atoms with van der Waals surface area (Å²) in [7, 11) is 0. The number of hydrogen-bond acceptors (Lipinski definition) is 4. The van der Waals surface area contributed by atoms with Crippen molar-refractivity contribution in [1.82, 2.24) is 10.2 Å². The molecule has 2 N–H and O–H groups in total. The zero-order valence-electron chi connectivity index (χ0n) is 17.9. The van der Waals surface area contributed by atoms with Crippen LogP contribution >= 0.6 is 11.6 Å². The third-order valence-electron chi connectivity index (χ3n) is 5.59. The van der Waals surface area contributed by atoms with Gasteiger partial charge in [-0.25, -0.2) is 4.79 Å². The molecule has 164 valence electrons. The molecule has 0 aromatic carbocycles. The first-order valence-corrected chi connectivity index (χ1v) is 10.9. The summed E-state index contributed by atoms with van der Waals surface area (Å²) >= 11 is 5.95. The summed E-state index contributed by atoms with van der Waals surface area (Å²) in [6.45, 7) is 6.04. The highest BCUT2D eigenvalue weighted by molar-refractivity contribution is 6.29. The number of nitrogens with zero attached hydrogens (tertiary/aromatic N) is 1. The zero-order valence-corrected chi connectivity index (χ0v) is 18.6. The van der Waals surface area contributed by atoms with Crippen molar-refractivity contribution in [1.29, 1.82) is 0 Å². The summed E-state index contributed by atoms with van der Waals surface area (Å²) in [6, 6.07) is -0.455. The van der Waals surface area contributed by atoms with Crippen LogP contribution in [0.15, 0.2) is 46.6 Å². The highest BCUT2D eigenvalue weighted by Gasteiger charge is 2.40. The molecule has 1 saturated heterocycles. The fraction of sp³-hybridized carbons (Fsp3) is 0.565. The predicted molar refractivity (Wildman–Crippen MR) is 117 cm³/mol. The maximum Gasteiger partial charge on any atom is 0.410 e. The monoisotopic (exact) mass is 434 g/mol. The Labute approximate surface area is 183 Å². The second-order valence-corrected chi connectivity index (χ2v) is 9.57. The number of carbonyl (C=O) groups is 2. The summed E-state index contributed by atoms with van der Waals surface area (Å²) < 4.78 is 5.59. The summed E-state index contributed by atoms with van der Waals surface area (Å²) in [4.78, 5) is 26.9. The Morgan fingerprint density at radius 2 is 2.07 bits per heavy atom. The molecule has 0 spiro atoms. The molecule has 0 saturated carbocycles. The van der Waals surface area contributed by atoms with Gasteiger partial charge in [0, 0.05) is 29.6 Å². The van der Waals surface area contributed by atoms with Gasteiger partial charge in [-0.05, 0) is 52.5 Å². The number of carbonyl (C=O) groups excluding carboxylic acids is 2. The van der Waals surface area contributed by atoms with Crippen LogP contribution in [0.5, 0.6) is 0 Å². The largest absolute Gasteiger partial charge is 0.444 e. The van der Waals surface area contributed by atoms with E-state index in [4.69, 9.17) is 16.3 Å². The van der Waals surface area contributed by atoms with Crippen LogP contribution in [0, 0.1) is 5.92 Å². The standard InChI is InChI=1S/C23H31ClN2O4/c1-23(2,3)30-22(29)26-14-17-7-5-4-6-16(17)12-19(26)20(27)13-25-21(28)15-8-10-18(24)11-9-15/h4-6,8,10,17,19-20,27H,7,9,11-14H2,1-3H3,(H,25,28)/t17?,19-,20?/m0/s1. The SMILES string of the molecule is CC(C)(C)OC(=O)N1CC2CC=CC=C2C[C@H]1C(O)CNC(=O)C1=CC=C(Cl)CC1. The molecular formula is C23H31ClN2O4. The van der Waals surface area contributed by atoms with Crippen LogP contribution in [-0.4, -0.2) is 52.8 Å². The first kappa shape index (κ1) is 22.6. The Morgan fingerprint density at radius 3 is 2.73 bits per heavy atom. The third-order valence-corrected chi connectivity index (χ3v) is 5.90. The van der Waals surface area contributed by atoms with Crippen molar-refractivity contribution in [3.63, 3.8) is 0 Å². The number of nitrogens with one attached hydrogen (secondary N) is 1. The molecular weight excluding hydrogens is 404 g/mol. The van der Waals surface area contributed by atoms with Gasteiger partial charge >= 0.3 is 6.09 Å². The van der Waals surface area contributed by atoms with Gasteiger partial charge in [0.15, 0.2) is 0 Å². The maximum atomic E-state index is 12.9. The number of rotatable bonds is 4. The van der Waals surface area contributed by atoms with Crippen molar-refractivity contribution in [2.45, 2.75) is 64.2 Å². The van der Waals surface area contributed by atoms with Crippen molar-refractivity contribution in [3.05, 3.63) is 46.6 Å². The number of ether oxygens (including phenoxy) is 1. The van der Waals surface area contributed by atoms with Gasteiger partial charge in [0.2, 0.25) is 5.91 Å². The summed E-state index contributed by atoms with van der Waals surface area (Å²) in [5.74, 6) is 0.0243. The number of aliphatic hydroxyl groups is 1. The lowest BCUT2D eigenvalue weighted by atomic mass is 9.81. The van der Waals surface area contributed by atoms with Gasteiger partial charge in [0.1, 0.15) is 5.60 Å². The molecule has 1 aliphatic heterocycles. The van der Waals surface area contributed by atoms with E-state index in [2.05, 4.69) is 17.5 Å². The summed E-state index contributed by atoms with van der Waals surface area (Å²) in [5.41, 5.74) is 1.24. The van der Waals surface area contributed by atoms with E-state index < -0.39 is 23.8 Å². The van der Waals surface area contributed by atoms with Crippen molar-refractivity contribution in [2.24, 2.45) is 5.92 Å². The molecule has 2 unspecified atom stereocenters. The molecule has 30 heavy (non-hydrogen) atoms. The lowest BCUT2D eigenvalue weighted by molar-refractivity contribution is -0.118. The fourth-order valence-electron chi connectivity index (χ4n) is 3.99. The number of piperidine rings is 1. The first-order chi connectivity index (χ1) is 14.1. The Balaban J connectivity index is 1.68. The Bertz CT molecular complexity index is 807. The van der Waals surface area contributed by atoms with Gasteiger partial charge in [0.25, 0.3) is 0 Å². The van der Waals surface area contributed by atoms with Gasteiger partial charge in [-0.15, -0.1) is 0 Å². The Hall–Kier alpha value is -2.05. The fourth-order valence-corrected chi connectivity index (χ4v) is 4.15. The van der Waals surface area contributed by atoms with E-state index >= 15 is 0 Å². The van der Waals surface area contributed by atoms with Crippen LogP contribution in [0.1, 0.15) is 46.5 Å². The lowest BCUT2D eigenvalue weighted by Crippen LogP contribution is -2.56. The van der Waals surface area contributed by atoms with Gasteiger partial charge in [-0.2, -0.15) is 0 Å².